The van der Waals surface area contributed by atoms with Gasteiger partial charge >= 0.3 is 5.97 Å². The standard InChI is InChI=1S/C14H13NO2S2/c1-8-6-11-13(10-5-3-2-4-9(8)10)15-14(19-11)18-7-12(16)17/h2-5,8H,6-7H2,1H3,(H,16,17). The fraction of sp³-hybridized carbons (Fsp3) is 0.286. The lowest BCUT2D eigenvalue weighted by Crippen LogP contribution is -2.06. The van der Waals surface area contributed by atoms with Crippen LogP contribution in [0.1, 0.15) is 23.3 Å². The fourth-order valence-corrected chi connectivity index (χ4v) is 4.44. The summed E-state index contributed by atoms with van der Waals surface area (Å²) in [5, 5.41) is 8.73. The molecule has 0 bridgehead atoms. The van der Waals surface area contributed by atoms with E-state index in [2.05, 4.69) is 30.1 Å². The number of hydrogen-bond donors (Lipinski definition) is 1. The van der Waals surface area contributed by atoms with Crippen LogP contribution in [0.5, 0.6) is 0 Å². The van der Waals surface area contributed by atoms with Crippen molar-refractivity contribution in [2.45, 2.75) is 23.6 Å². The molecule has 3 rings (SSSR count). The van der Waals surface area contributed by atoms with Crippen molar-refractivity contribution in [1.82, 2.24) is 4.98 Å². The van der Waals surface area contributed by atoms with Crippen molar-refractivity contribution in [3.8, 4) is 11.3 Å². The summed E-state index contributed by atoms with van der Waals surface area (Å²) in [5.74, 6) is -0.225. The lowest BCUT2D eigenvalue weighted by molar-refractivity contribution is -0.133. The lowest BCUT2D eigenvalue weighted by atomic mass is 9.86. The minimum atomic E-state index is -0.799. The molecule has 1 heterocycles. The van der Waals surface area contributed by atoms with Crippen LogP contribution in [-0.4, -0.2) is 21.8 Å². The maximum atomic E-state index is 10.6. The summed E-state index contributed by atoms with van der Waals surface area (Å²) in [4.78, 5) is 16.5. The van der Waals surface area contributed by atoms with Gasteiger partial charge in [0.25, 0.3) is 0 Å². The summed E-state index contributed by atoms with van der Waals surface area (Å²) in [6, 6.07) is 8.36. The minimum absolute atomic E-state index is 0.0730. The smallest absolute Gasteiger partial charge is 0.313 e. The molecular weight excluding hydrogens is 278 g/mol. The molecule has 1 N–H and O–H groups in total. The van der Waals surface area contributed by atoms with Crippen molar-refractivity contribution in [2.75, 3.05) is 5.75 Å². The molecule has 1 unspecified atom stereocenters. The fourth-order valence-electron chi connectivity index (χ4n) is 2.39. The third-order valence-corrected chi connectivity index (χ3v) is 5.44. The second-order valence-corrected chi connectivity index (χ2v) is 6.93. The van der Waals surface area contributed by atoms with Gasteiger partial charge in [0.15, 0.2) is 4.34 Å². The Balaban J connectivity index is 1.98. The molecule has 0 radical (unpaired) electrons. The number of fused-ring (bicyclic) bond motifs is 3. The number of rotatable bonds is 3. The predicted octanol–water partition coefficient (Wildman–Crippen LogP) is 3.65. The Kier molecular flexibility index (Phi) is 3.33. The van der Waals surface area contributed by atoms with E-state index in [1.807, 2.05) is 6.07 Å². The van der Waals surface area contributed by atoms with Crippen molar-refractivity contribution in [3.05, 3.63) is 34.7 Å². The zero-order valence-corrected chi connectivity index (χ0v) is 12.1. The number of carboxylic acids is 1. The van der Waals surface area contributed by atoms with Gasteiger partial charge in [0.1, 0.15) is 0 Å². The highest BCUT2D eigenvalue weighted by Crippen LogP contribution is 2.43. The highest BCUT2D eigenvalue weighted by Gasteiger charge is 2.25. The van der Waals surface area contributed by atoms with Crippen LogP contribution in [0.25, 0.3) is 11.3 Å². The van der Waals surface area contributed by atoms with Crippen LogP contribution in [-0.2, 0) is 11.2 Å². The molecule has 0 saturated carbocycles. The van der Waals surface area contributed by atoms with Crippen LogP contribution >= 0.6 is 23.1 Å². The molecule has 1 aromatic heterocycles. The maximum absolute atomic E-state index is 10.6. The number of benzene rings is 1. The lowest BCUT2D eigenvalue weighted by Gasteiger charge is -2.20. The Labute approximate surface area is 119 Å². The van der Waals surface area contributed by atoms with E-state index in [9.17, 15) is 4.79 Å². The average molecular weight is 291 g/mol. The van der Waals surface area contributed by atoms with Crippen molar-refractivity contribution in [1.29, 1.82) is 0 Å². The third-order valence-electron chi connectivity index (χ3n) is 3.24. The van der Waals surface area contributed by atoms with Crippen LogP contribution < -0.4 is 0 Å². The van der Waals surface area contributed by atoms with Gasteiger partial charge < -0.3 is 5.11 Å². The zero-order valence-electron chi connectivity index (χ0n) is 10.4. The van der Waals surface area contributed by atoms with E-state index in [4.69, 9.17) is 5.11 Å². The molecule has 1 aromatic carbocycles. The van der Waals surface area contributed by atoms with Gasteiger partial charge in [0.2, 0.25) is 0 Å². The largest absolute Gasteiger partial charge is 0.481 e. The average Bonchev–Trinajstić information content (AvgIpc) is 2.80. The number of carboxylic acid groups (broad SMARTS) is 1. The quantitative estimate of drug-likeness (QED) is 0.877. The summed E-state index contributed by atoms with van der Waals surface area (Å²) in [6.45, 7) is 2.23. The number of aromatic nitrogens is 1. The highest BCUT2D eigenvalue weighted by molar-refractivity contribution is 8.01. The summed E-state index contributed by atoms with van der Waals surface area (Å²) >= 11 is 2.94. The van der Waals surface area contributed by atoms with E-state index in [0.717, 1.165) is 16.5 Å². The monoisotopic (exact) mass is 291 g/mol. The first-order valence-corrected chi connectivity index (χ1v) is 7.89. The van der Waals surface area contributed by atoms with Gasteiger partial charge in [-0.25, -0.2) is 4.98 Å². The molecule has 1 atom stereocenters. The van der Waals surface area contributed by atoms with Crippen LogP contribution in [0.2, 0.25) is 0 Å². The first kappa shape index (κ1) is 12.7. The third kappa shape index (κ3) is 2.40. The highest BCUT2D eigenvalue weighted by atomic mass is 32.2. The second kappa shape index (κ2) is 4.98. The topological polar surface area (TPSA) is 50.2 Å². The molecule has 0 amide bonds. The molecular formula is C14H13NO2S2. The van der Waals surface area contributed by atoms with E-state index in [0.29, 0.717) is 5.92 Å². The first-order valence-electron chi connectivity index (χ1n) is 6.08. The Morgan fingerprint density at radius 2 is 2.32 bits per heavy atom. The van der Waals surface area contributed by atoms with Crippen molar-refractivity contribution < 1.29 is 9.90 Å². The molecule has 0 spiro atoms. The van der Waals surface area contributed by atoms with Crippen molar-refractivity contribution in [3.63, 3.8) is 0 Å². The van der Waals surface area contributed by atoms with Gasteiger partial charge in [-0.1, -0.05) is 43.0 Å². The van der Waals surface area contributed by atoms with Crippen LogP contribution in [0.4, 0.5) is 0 Å². The Bertz CT molecular complexity index is 636. The molecule has 5 heteroatoms. The van der Waals surface area contributed by atoms with Crippen molar-refractivity contribution >= 4 is 29.1 Å². The van der Waals surface area contributed by atoms with Gasteiger partial charge in [0.05, 0.1) is 11.4 Å². The van der Waals surface area contributed by atoms with Crippen molar-refractivity contribution in [2.24, 2.45) is 0 Å². The predicted molar refractivity (Wildman–Crippen MR) is 78.0 cm³/mol. The number of carbonyl (C=O) groups is 1. The van der Waals surface area contributed by atoms with E-state index in [1.165, 1.54) is 27.8 Å². The number of nitrogens with zero attached hydrogens (tertiary/aromatic N) is 1. The zero-order chi connectivity index (χ0) is 13.4. The van der Waals surface area contributed by atoms with Gasteiger partial charge in [0, 0.05) is 10.4 Å². The van der Waals surface area contributed by atoms with Crippen LogP contribution in [0, 0.1) is 0 Å². The minimum Gasteiger partial charge on any atom is -0.481 e. The summed E-state index contributed by atoms with van der Waals surface area (Å²) in [6.07, 6.45) is 0.998. The number of hydrogen-bond acceptors (Lipinski definition) is 4. The van der Waals surface area contributed by atoms with E-state index >= 15 is 0 Å². The summed E-state index contributed by atoms with van der Waals surface area (Å²) in [5.41, 5.74) is 3.59. The molecule has 19 heavy (non-hydrogen) atoms. The molecule has 0 fully saturated rings. The molecule has 1 aliphatic rings. The molecule has 98 valence electrons. The number of thiazole rings is 1. The Morgan fingerprint density at radius 3 is 3.11 bits per heavy atom. The maximum Gasteiger partial charge on any atom is 0.313 e. The normalized spacial score (nSPS) is 16.8. The van der Waals surface area contributed by atoms with Gasteiger partial charge in [-0.3, -0.25) is 4.79 Å². The number of thioether (sulfide) groups is 1. The molecule has 3 nitrogen and oxygen atoms in total. The molecule has 0 saturated heterocycles. The summed E-state index contributed by atoms with van der Waals surface area (Å²) in [7, 11) is 0. The van der Waals surface area contributed by atoms with Crippen LogP contribution in [0.3, 0.4) is 0 Å². The molecule has 1 aliphatic carbocycles. The molecule has 0 aliphatic heterocycles. The Hall–Kier alpha value is -1.33. The van der Waals surface area contributed by atoms with Gasteiger partial charge in [-0.05, 0) is 17.9 Å². The van der Waals surface area contributed by atoms with Gasteiger partial charge in [-0.2, -0.15) is 0 Å². The Morgan fingerprint density at radius 1 is 1.53 bits per heavy atom. The number of aliphatic carboxylic acids is 1. The van der Waals surface area contributed by atoms with Gasteiger partial charge in [-0.15, -0.1) is 11.3 Å². The second-order valence-electron chi connectivity index (χ2n) is 4.63. The summed E-state index contributed by atoms with van der Waals surface area (Å²) < 4.78 is 0.858. The SMILES string of the molecule is CC1Cc2sc(SCC(=O)O)nc2-c2ccccc21. The van der Waals surface area contributed by atoms with E-state index in [-0.39, 0.29) is 5.75 Å². The van der Waals surface area contributed by atoms with E-state index in [1.54, 1.807) is 11.3 Å². The molecule has 2 aromatic rings. The van der Waals surface area contributed by atoms with Crippen LogP contribution in [0.15, 0.2) is 28.6 Å². The first-order chi connectivity index (χ1) is 9.15. The van der Waals surface area contributed by atoms with E-state index < -0.39 is 5.97 Å².